The van der Waals surface area contributed by atoms with Crippen molar-refractivity contribution < 1.29 is 14.7 Å². The molecule has 0 bridgehead atoms. The number of nitrogens with one attached hydrogen (secondary N) is 2. The molecule has 0 radical (unpaired) electrons. The predicted octanol–water partition coefficient (Wildman–Crippen LogP) is 2.22. The average molecular weight is 279 g/mol. The van der Waals surface area contributed by atoms with Crippen LogP contribution < -0.4 is 5.32 Å². The first-order valence-electron chi connectivity index (χ1n) is 5.50. The standard InChI is InChI=1S/C13H11ClN2O3/c14-9-6-10(15-7-9)12(17)16-11(13(18)19)8-4-2-1-3-5-8/h1-7,11,15H,(H,16,17)(H,18,19)/t11-/m0/s1. The second kappa shape index (κ2) is 5.58. The molecule has 0 aliphatic heterocycles. The number of benzene rings is 1. The van der Waals surface area contributed by atoms with Gasteiger partial charge in [-0.3, -0.25) is 4.79 Å². The van der Waals surface area contributed by atoms with E-state index in [2.05, 4.69) is 10.3 Å². The van der Waals surface area contributed by atoms with Crippen molar-refractivity contribution in [1.82, 2.24) is 10.3 Å². The Morgan fingerprint density at radius 3 is 2.47 bits per heavy atom. The van der Waals surface area contributed by atoms with Gasteiger partial charge in [-0.15, -0.1) is 0 Å². The van der Waals surface area contributed by atoms with Gasteiger partial charge in [0.1, 0.15) is 5.69 Å². The number of hydrogen-bond donors (Lipinski definition) is 3. The number of H-pyrrole nitrogens is 1. The molecule has 0 aliphatic carbocycles. The molecule has 0 unspecified atom stereocenters. The number of carbonyl (C=O) groups excluding carboxylic acids is 1. The van der Waals surface area contributed by atoms with Crippen molar-refractivity contribution in [3.63, 3.8) is 0 Å². The smallest absolute Gasteiger partial charge is 0.330 e. The number of rotatable bonds is 4. The Kier molecular flexibility index (Phi) is 3.87. The van der Waals surface area contributed by atoms with Crippen LogP contribution in [0.4, 0.5) is 0 Å². The fourth-order valence-corrected chi connectivity index (χ4v) is 1.80. The quantitative estimate of drug-likeness (QED) is 0.802. The molecule has 1 heterocycles. The van der Waals surface area contributed by atoms with E-state index in [1.54, 1.807) is 30.3 Å². The average Bonchev–Trinajstić information content (AvgIpc) is 2.83. The summed E-state index contributed by atoms with van der Waals surface area (Å²) in [6, 6.07) is 8.80. The molecule has 1 aromatic carbocycles. The SMILES string of the molecule is O=C(N[C@H](C(=O)O)c1ccccc1)c1cc(Cl)c[nH]1. The molecular formula is C13H11ClN2O3. The molecule has 1 aromatic heterocycles. The van der Waals surface area contributed by atoms with E-state index >= 15 is 0 Å². The van der Waals surface area contributed by atoms with Crippen LogP contribution in [-0.4, -0.2) is 22.0 Å². The summed E-state index contributed by atoms with van der Waals surface area (Å²) in [5.74, 6) is -1.65. The number of hydrogen-bond acceptors (Lipinski definition) is 2. The molecule has 19 heavy (non-hydrogen) atoms. The minimum atomic E-state index is -1.13. The first-order chi connectivity index (χ1) is 9.08. The van der Waals surface area contributed by atoms with Gasteiger partial charge in [-0.05, 0) is 11.6 Å². The lowest BCUT2D eigenvalue weighted by molar-refractivity contribution is -0.139. The highest BCUT2D eigenvalue weighted by atomic mass is 35.5. The first kappa shape index (κ1) is 13.2. The summed E-state index contributed by atoms with van der Waals surface area (Å²) in [5.41, 5.74) is 0.716. The van der Waals surface area contributed by atoms with E-state index in [4.69, 9.17) is 11.6 Å². The van der Waals surface area contributed by atoms with E-state index in [1.165, 1.54) is 12.3 Å². The fraction of sp³-hybridized carbons (Fsp3) is 0.0769. The Balaban J connectivity index is 2.18. The topological polar surface area (TPSA) is 82.2 Å². The zero-order valence-corrected chi connectivity index (χ0v) is 10.5. The van der Waals surface area contributed by atoms with Crippen LogP contribution in [0.1, 0.15) is 22.1 Å². The molecular weight excluding hydrogens is 268 g/mol. The van der Waals surface area contributed by atoms with Crippen LogP contribution in [-0.2, 0) is 4.79 Å². The summed E-state index contributed by atoms with van der Waals surface area (Å²) in [6.45, 7) is 0. The summed E-state index contributed by atoms with van der Waals surface area (Å²) >= 11 is 5.69. The number of aromatic amines is 1. The van der Waals surface area contributed by atoms with Crippen LogP contribution in [0.25, 0.3) is 0 Å². The molecule has 0 saturated carbocycles. The lowest BCUT2D eigenvalue weighted by Crippen LogP contribution is -2.33. The van der Waals surface area contributed by atoms with Crippen molar-refractivity contribution in [1.29, 1.82) is 0 Å². The van der Waals surface area contributed by atoms with E-state index in [1.807, 2.05) is 0 Å². The van der Waals surface area contributed by atoms with Gasteiger partial charge in [0.05, 0.1) is 5.02 Å². The predicted molar refractivity (Wildman–Crippen MR) is 70.1 cm³/mol. The first-order valence-corrected chi connectivity index (χ1v) is 5.88. The van der Waals surface area contributed by atoms with E-state index in [0.717, 1.165) is 0 Å². The van der Waals surface area contributed by atoms with E-state index in [-0.39, 0.29) is 5.69 Å². The lowest BCUT2D eigenvalue weighted by Gasteiger charge is -2.14. The molecule has 0 saturated heterocycles. The highest BCUT2D eigenvalue weighted by molar-refractivity contribution is 6.31. The van der Waals surface area contributed by atoms with Gasteiger partial charge in [0.25, 0.3) is 5.91 Å². The minimum Gasteiger partial charge on any atom is -0.479 e. The zero-order valence-electron chi connectivity index (χ0n) is 9.76. The minimum absolute atomic E-state index is 0.215. The van der Waals surface area contributed by atoms with Crippen molar-refractivity contribution in [2.75, 3.05) is 0 Å². The molecule has 6 heteroatoms. The summed E-state index contributed by atoms with van der Waals surface area (Å²) in [5, 5.41) is 12.0. The van der Waals surface area contributed by atoms with Gasteiger partial charge >= 0.3 is 5.97 Å². The van der Waals surface area contributed by atoms with Gasteiger partial charge in [-0.1, -0.05) is 41.9 Å². The maximum absolute atomic E-state index is 11.9. The van der Waals surface area contributed by atoms with Crippen LogP contribution in [0, 0.1) is 0 Å². The van der Waals surface area contributed by atoms with Gasteiger partial charge in [0, 0.05) is 6.20 Å². The van der Waals surface area contributed by atoms with Crippen LogP contribution >= 0.6 is 11.6 Å². The second-order valence-corrected chi connectivity index (χ2v) is 4.32. The van der Waals surface area contributed by atoms with Crippen LogP contribution in [0.3, 0.4) is 0 Å². The number of halogens is 1. The zero-order chi connectivity index (χ0) is 13.8. The third kappa shape index (κ3) is 3.14. The molecule has 2 aromatic rings. The fourth-order valence-electron chi connectivity index (χ4n) is 1.64. The Labute approximate surface area is 114 Å². The van der Waals surface area contributed by atoms with E-state index in [9.17, 15) is 14.7 Å². The number of amides is 1. The van der Waals surface area contributed by atoms with Crippen molar-refractivity contribution in [2.45, 2.75) is 6.04 Å². The highest BCUT2D eigenvalue weighted by Gasteiger charge is 2.22. The normalized spacial score (nSPS) is 11.8. The Morgan fingerprint density at radius 2 is 1.95 bits per heavy atom. The van der Waals surface area contributed by atoms with Crippen LogP contribution in [0.15, 0.2) is 42.6 Å². The van der Waals surface area contributed by atoms with Crippen molar-refractivity contribution >= 4 is 23.5 Å². The van der Waals surface area contributed by atoms with Crippen LogP contribution in [0.2, 0.25) is 5.02 Å². The maximum Gasteiger partial charge on any atom is 0.330 e. The molecule has 5 nitrogen and oxygen atoms in total. The Bertz CT molecular complexity index is 595. The third-order valence-corrected chi connectivity index (χ3v) is 2.77. The van der Waals surface area contributed by atoms with E-state index < -0.39 is 17.9 Å². The number of aliphatic carboxylic acids is 1. The number of carbonyl (C=O) groups is 2. The molecule has 98 valence electrons. The van der Waals surface area contributed by atoms with Gasteiger partial charge in [0.2, 0.25) is 0 Å². The number of aromatic nitrogens is 1. The largest absolute Gasteiger partial charge is 0.479 e. The van der Waals surface area contributed by atoms with Gasteiger partial charge in [0.15, 0.2) is 6.04 Å². The molecule has 0 aliphatic rings. The monoisotopic (exact) mass is 278 g/mol. The molecule has 3 N–H and O–H groups in total. The molecule has 0 spiro atoms. The Hall–Kier alpha value is -2.27. The van der Waals surface area contributed by atoms with Crippen molar-refractivity contribution in [3.8, 4) is 0 Å². The van der Waals surface area contributed by atoms with Gasteiger partial charge < -0.3 is 15.4 Å². The molecule has 1 amide bonds. The second-order valence-electron chi connectivity index (χ2n) is 3.89. The van der Waals surface area contributed by atoms with Gasteiger partial charge in [-0.2, -0.15) is 0 Å². The van der Waals surface area contributed by atoms with Crippen molar-refractivity contribution in [2.24, 2.45) is 0 Å². The molecule has 0 fully saturated rings. The summed E-state index contributed by atoms with van der Waals surface area (Å²) in [4.78, 5) is 25.8. The molecule has 1 atom stereocenters. The summed E-state index contributed by atoms with van der Waals surface area (Å²) < 4.78 is 0. The number of carboxylic acids is 1. The lowest BCUT2D eigenvalue weighted by atomic mass is 10.1. The third-order valence-electron chi connectivity index (χ3n) is 2.55. The van der Waals surface area contributed by atoms with Gasteiger partial charge in [-0.25, -0.2) is 4.79 Å². The number of carboxylic acid groups (broad SMARTS) is 1. The molecule has 2 rings (SSSR count). The van der Waals surface area contributed by atoms with Crippen molar-refractivity contribution in [3.05, 3.63) is 58.9 Å². The summed E-state index contributed by atoms with van der Waals surface area (Å²) in [6.07, 6.45) is 1.45. The summed E-state index contributed by atoms with van der Waals surface area (Å²) in [7, 11) is 0. The maximum atomic E-state index is 11.9. The van der Waals surface area contributed by atoms with Crippen LogP contribution in [0.5, 0.6) is 0 Å². The van der Waals surface area contributed by atoms with E-state index in [0.29, 0.717) is 10.6 Å². The highest BCUT2D eigenvalue weighted by Crippen LogP contribution is 2.15. The Morgan fingerprint density at radius 1 is 1.26 bits per heavy atom.